The second-order valence-corrected chi connectivity index (χ2v) is 6.14. The van der Waals surface area contributed by atoms with Crippen molar-refractivity contribution in [2.45, 2.75) is 13.3 Å². The molecule has 6 nitrogen and oxygen atoms in total. The minimum atomic E-state index is -3.22. The number of nitrogens with one attached hydrogen (secondary N) is 2. The Morgan fingerprint density at radius 3 is 2.65 bits per heavy atom. The summed E-state index contributed by atoms with van der Waals surface area (Å²) in [5.41, 5.74) is 6.44. The van der Waals surface area contributed by atoms with Crippen molar-refractivity contribution in [3.05, 3.63) is 17.9 Å². The van der Waals surface area contributed by atoms with Crippen LogP contribution < -0.4 is 20.5 Å². The fraction of sp³-hybridized carbons (Fsp3) is 0.500. The molecular weight excluding hydrogens is 285 g/mol. The van der Waals surface area contributed by atoms with E-state index in [-0.39, 0.29) is 18.0 Å². The van der Waals surface area contributed by atoms with Crippen LogP contribution in [0.15, 0.2) is 12.1 Å². The summed E-state index contributed by atoms with van der Waals surface area (Å²) in [6.07, 6.45) is 1.85. The molecule has 0 radical (unpaired) electrons. The van der Waals surface area contributed by atoms with Gasteiger partial charge in [0.25, 0.3) is 0 Å². The summed E-state index contributed by atoms with van der Waals surface area (Å²) in [4.78, 5) is 0. The van der Waals surface area contributed by atoms with E-state index in [1.54, 1.807) is 0 Å². The molecule has 0 aromatic heterocycles. The molecule has 0 atom stereocenters. The van der Waals surface area contributed by atoms with Gasteiger partial charge in [-0.3, -0.25) is 0 Å². The number of halogens is 1. The predicted molar refractivity (Wildman–Crippen MR) is 77.9 cm³/mol. The first kappa shape index (κ1) is 16.5. The molecule has 0 aliphatic rings. The molecule has 8 heteroatoms. The first-order valence-corrected chi connectivity index (χ1v) is 8.13. The quantitative estimate of drug-likeness (QED) is 0.495. The largest absolute Gasteiger partial charge is 0.490 e. The number of sulfonamides is 1. The Morgan fingerprint density at radius 2 is 2.05 bits per heavy atom. The molecule has 4 N–H and O–H groups in total. The number of nitrogens with two attached hydrogens (primary N) is 1. The number of hydrogen-bond donors (Lipinski definition) is 3. The van der Waals surface area contributed by atoms with Crippen molar-refractivity contribution in [1.29, 1.82) is 0 Å². The number of ether oxygens (including phenoxy) is 1. The molecule has 0 bridgehead atoms. The maximum absolute atomic E-state index is 13.6. The molecule has 0 saturated heterocycles. The Balaban J connectivity index is 2.64. The first-order valence-electron chi connectivity index (χ1n) is 6.24. The van der Waals surface area contributed by atoms with Crippen LogP contribution in [0.2, 0.25) is 0 Å². The zero-order valence-electron chi connectivity index (χ0n) is 11.6. The Labute approximate surface area is 118 Å². The SMILES string of the molecule is CCCOc1cc(NCCNS(C)(=O)=O)c(N)cc1F. The van der Waals surface area contributed by atoms with E-state index in [1.807, 2.05) is 6.92 Å². The summed E-state index contributed by atoms with van der Waals surface area (Å²) in [6.45, 7) is 2.87. The highest BCUT2D eigenvalue weighted by Crippen LogP contribution is 2.28. The number of rotatable bonds is 8. The van der Waals surface area contributed by atoms with Gasteiger partial charge in [-0.1, -0.05) is 6.92 Å². The lowest BCUT2D eigenvalue weighted by atomic mass is 10.2. The smallest absolute Gasteiger partial charge is 0.208 e. The van der Waals surface area contributed by atoms with Crippen LogP contribution in [0, 0.1) is 5.82 Å². The van der Waals surface area contributed by atoms with E-state index in [2.05, 4.69) is 10.0 Å². The molecule has 114 valence electrons. The summed E-state index contributed by atoms with van der Waals surface area (Å²) in [5.74, 6) is -0.393. The molecule has 0 aliphatic heterocycles. The molecule has 0 unspecified atom stereocenters. The van der Waals surface area contributed by atoms with E-state index < -0.39 is 15.8 Å². The molecule has 0 amide bonds. The van der Waals surface area contributed by atoms with E-state index >= 15 is 0 Å². The average molecular weight is 305 g/mol. The van der Waals surface area contributed by atoms with Gasteiger partial charge in [0, 0.05) is 25.2 Å². The number of nitrogen functional groups attached to an aromatic ring is 1. The third kappa shape index (κ3) is 5.62. The summed E-state index contributed by atoms with van der Waals surface area (Å²) in [7, 11) is -3.22. The van der Waals surface area contributed by atoms with Crippen LogP contribution in [0.5, 0.6) is 5.75 Å². The predicted octanol–water partition coefficient (Wildman–Crippen LogP) is 1.16. The molecule has 0 spiro atoms. The Bertz CT molecular complexity index is 549. The van der Waals surface area contributed by atoms with Crippen LogP contribution in [0.3, 0.4) is 0 Å². The van der Waals surface area contributed by atoms with Crippen molar-refractivity contribution < 1.29 is 17.5 Å². The van der Waals surface area contributed by atoms with Crippen LogP contribution in [0.25, 0.3) is 0 Å². The van der Waals surface area contributed by atoms with Gasteiger partial charge < -0.3 is 15.8 Å². The van der Waals surface area contributed by atoms with Gasteiger partial charge in [-0.05, 0) is 6.42 Å². The Morgan fingerprint density at radius 1 is 1.35 bits per heavy atom. The average Bonchev–Trinajstić information content (AvgIpc) is 2.34. The van der Waals surface area contributed by atoms with E-state index in [1.165, 1.54) is 12.1 Å². The summed E-state index contributed by atoms with van der Waals surface area (Å²) >= 11 is 0. The Hall–Kier alpha value is -1.54. The molecule has 1 rings (SSSR count). The van der Waals surface area contributed by atoms with Gasteiger partial charge in [0.05, 0.1) is 24.2 Å². The highest BCUT2D eigenvalue weighted by Gasteiger charge is 2.09. The summed E-state index contributed by atoms with van der Waals surface area (Å²) < 4.78 is 43.0. The topological polar surface area (TPSA) is 93.5 Å². The molecule has 1 aromatic rings. The molecule has 0 fully saturated rings. The van der Waals surface area contributed by atoms with Crippen LogP contribution in [-0.4, -0.2) is 34.4 Å². The number of hydrogen-bond acceptors (Lipinski definition) is 5. The highest BCUT2D eigenvalue weighted by molar-refractivity contribution is 7.88. The van der Waals surface area contributed by atoms with Gasteiger partial charge in [-0.2, -0.15) is 0 Å². The molecule has 20 heavy (non-hydrogen) atoms. The van der Waals surface area contributed by atoms with Gasteiger partial charge in [0.2, 0.25) is 10.0 Å². The lowest BCUT2D eigenvalue weighted by Crippen LogP contribution is -2.27. The molecule has 0 saturated carbocycles. The lowest BCUT2D eigenvalue weighted by Gasteiger charge is -2.13. The third-order valence-electron chi connectivity index (χ3n) is 2.37. The van der Waals surface area contributed by atoms with E-state index in [9.17, 15) is 12.8 Å². The van der Waals surface area contributed by atoms with Gasteiger partial charge >= 0.3 is 0 Å². The minimum absolute atomic E-state index is 0.125. The molecule has 1 aromatic carbocycles. The normalized spacial score (nSPS) is 11.3. The maximum Gasteiger partial charge on any atom is 0.208 e. The molecule has 0 aliphatic carbocycles. The Kier molecular flexibility index (Phi) is 6.03. The molecular formula is C12H20FN3O3S. The summed E-state index contributed by atoms with van der Waals surface area (Å²) in [6, 6.07) is 2.65. The number of benzene rings is 1. The monoisotopic (exact) mass is 305 g/mol. The number of anilines is 2. The van der Waals surface area contributed by atoms with Gasteiger partial charge in [0.1, 0.15) is 0 Å². The third-order valence-corrected chi connectivity index (χ3v) is 3.10. The van der Waals surface area contributed by atoms with Crippen molar-refractivity contribution in [2.24, 2.45) is 0 Å². The standard InChI is InChI=1S/C12H20FN3O3S/c1-3-6-19-12-8-11(10(14)7-9(12)13)15-4-5-16-20(2,17)18/h7-8,15-16H,3-6,14H2,1-2H3. The second kappa shape index (κ2) is 7.30. The van der Waals surface area contributed by atoms with E-state index in [4.69, 9.17) is 10.5 Å². The van der Waals surface area contributed by atoms with E-state index in [0.29, 0.717) is 18.8 Å². The van der Waals surface area contributed by atoms with Crippen molar-refractivity contribution in [2.75, 3.05) is 37.0 Å². The highest BCUT2D eigenvalue weighted by atomic mass is 32.2. The lowest BCUT2D eigenvalue weighted by molar-refractivity contribution is 0.301. The fourth-order valence-corrected chi connectivity index (χ4v) is 1.95. The minimum Gasteiger partial charge on any atom is -0.490 e. The zero-order valence-corrected chi connectivity index (χ0v) is 12.4. The van der Waals surface area contributed by atoms with Crippen molar-refractivity contribution in [3.63, 3.8) is 0 Å². The summed E-state index contributed by atoms with van der Waals surface area (Å²) in [5, 5.41) is 2.93. The zero-order chi connectivity index (χ0) is 15.2. The second-order valence-electron chi connectivity index (χ2n) is 4.31. The van der Waals surface area contributed by atoms with Crippen LogP contribution in [0.1, 0.15) is 13.3 Å². The van der Waals surface area contributed by atoms with Crippen molar-refractivity contribution >= 4 is 21.4 Å². The van der Waals surface area contributed by atoms with Crippen molar-refractivity contribution in [1.82, 2.24) is 4.72 Å². The fourth-order valence-electron chi connectivity index (χ4n) is 1.48. The van der Waals surface area contributed by atoms with Gasteiger partial charge in [-0.25, -0.2) is 17.5 Å². The van der Waals surface area contributed by atoms with Crippen molar-refractivity contribution in [3.8, 4) is 5.75 Å². The van der Waals surface area contributed by atoms with Crippen LogP contribution in [0.4, 0.5) is 15.8 Å². The van der Waals surface area contributed by atoms with Crippen LogP contribution in [-0.2, 0) is 10.0 Å². The first-order chi connectivity index (χ1) is 9.33. The van der Waals surface area contributed by atoms with E-state index in [0.717, 1.165) is 12.7 Å². The van der Waals surface area contributed by atoms with Crippen LogP contribution >= 0.6 is 0 Å². The maximum atomic E-state index is 13.6. The van der Waals surface area contributed by atoms with Gasteiger partial charge in [-0.15, -0.1) is 0 Å². The molecule has 0 heterocycles. The van der Waals surface area contributed by atoms with Gasteiger partial charge in [0.15, 0.2) is 11.6 Å².